The van der Waals surface area contributed by atoms with Gasteiger partial charge in [0, 0.05) is 30.0 Å². The van der Waals surface area contributed by atoms with E-state index in [1.165, 1.54) is 5.56 Å². The molecule has 0 bridgehead atoms. The van der Waals surface area contributed by atoms with Crippen molar-refractivity contribution >= 4 is 23.6 Å². The fourth-order valence-corrected chi connectivity index (χ4v) is 4.00. The molecule has 0 spiro atoms. The molecule has 2 aromatic rings. The van der Waals surface area contributed by atoms with Gasteiger partial charge in [0.25, 0.3) is 0 Å². The molecule has 0 radical (unpaired) electrons. The van der Waals surface area contributed by atoms with Gasteiger partial charge in [0.15, 0.2) is 0 Å². The molecule has 1 unspecified atom stereocenters. The van der Waals surface area contributed by atoms with Gasteiger partial charge in [0.2, 0.25) is 11.8 Å². The topological polar surface area (TPSA) is 49.4 Å². The lowest BCUT2D eigenvalue weighted by Gasteiger charge is -2.31. The standard InChI is InChI=1S/C25H34N2O2S/c1-20(24(29)26-25(2,3)4)27(17-15-21-11-7-5-8-12-21)23(28)16-18-30-19-22-13-9-6-10-14-22/h5-14,20H,15-19H2,1-4H3,(H,26,29). The minimum absolute atomic E-state index is 0.0306. The summed E-state index contributed by atoms with van der Waals surface area (Å²) in [5.41, 5.74) is 2.09. The van der Waals surface area contributed by atoms with Crippen LogP contribution in [0.3, 0.4) is 0 Å². The third kappa shape index (κ3) is 8.62. The number of rotatable bonds is 10. The van der Waals surface area contributed by atoms with Crippen molar-refractivity contribution in [2.24, 2.45) is 0 Å². The molecule has 0 saturated heterocycles. The lowest BCUT2D eigenvalue weighted by atomic mass is 10.1. The van der Waals surface area contributed by atoms with Crippen LogP contribution in [0.4, 0.5) is 0 Å². The molecule has 1 N–H and O–H groups in total. The molecular formula is C25H34N2O2S. The molecular weight excluding hydrogens is 392 g/mol. The van der Waals surface area contributed by atoms with E-state index in [9.17, 15) is 9.59 Å². The normalized spacial score (nSPS) is 12.3. The van der Waals surface area contributed by atoms with Crippen LogP contribution in [0.25, 0.3) is 0 Å². The monoisotopic (exact) mass is 426 g/mol. The zero-order valence-electron chi connectivity index (χ0n) is 18.6. The highest BCUT2D eigenvalue weighted by atomic mass is 32.2. The first kappa shape index (κ1) is 24.0. The van der Waals surface area contributed by atoms with Crippen molar-refractivity contribution in [2.75, 3.05) is 12.3 Å². The van der Waals surface area contributed by atoms with Crippen molar-refractivity contribution in [2.45, 2.75) is 57.9 Å². The van der Waals surface area contributed by atoms with Crippen LogP contribution in [0.15, 0.2) is 60.7 Å². The second-order valence-electron chi connectivity index (χ2n) is 8.53. The number of amides is 2. The second kappa shape index (κ2) is 11.8. The third-order valence-corrected chi connectivity index (χ3v) is 5.75. The Morgan fingerprint density at radius 1 is 0.967 bits per heavy atom. The van der Waals surface area contributed by atoms with Crippen molar-refractivity contribution in [1.29, 1.82) is 0 Å². The molecule has 0 heterocycles. The fourth-order valence-electron chi connectivity index (χ4n) is 3.11. The Balaban J connectivity index is 1.95. The summed E-state index contributed by atoms with van der Waals surface area (Å²) in [7, 11) is 0. The van der Waals surface area contributed by atoms with Gasteiger partial charge in [-0.3, -0.25) is 9.59 Å². The Labute approximate surface area is 185 Å². The minimum atomic E-state index is -0.500. The third-order valence-electron chi connectivity index (χ3n) is 4.72. The molecule has 1 atom stereocenters. The van der Waals surface area contributed by atoms with Gasteiger partial charge < -0.3 is 10.2 Å². The maximum Gasteiger partial charge on any atom is 0.242 e. The largest absolute Gasteiger partial charge is 0.350 e. The SMILES string of the molecule is CC(C(=O)NC(C)(C)C)N(CCc1ccccc1)C(=O)CCSCc1ccccc1. The van der Waals surface area contributed by atoms with Crippen LogP contribution in [0.2, 0.25) is 0 Å². The lowest BCUT2D eigenvalue weighted by Crippen LogP contribution is -2.53. The number of benzene rings is 2. The molecule has 2 aromatic carbocycles. The zero-order valence-corrected chi connectivity index (χ0v) is 19.4. The predicted octanol–water partition coefficient (Wildman–Crippen LogP) is 4.68. The van der Waals surface area contributed by atoms with Gasteiger partial charge in [-0.2, -0.15) is 11.8 Å². The molecule has 0 aliphatic heterocycles. The Morgan fingerprint density at radius 2 is 1.53 bits per heavy atom. The lowest BCUT2D eigenvalue weighted by molar-refractivity contribution is -0.140. The van der Waals surface area contributed by atoms with Gasteiger partial charge in [-0.15, -0.1) is 0 Å². The Kier molecular flexibility index (Phi) is 9.44. The maximum absolute atomic E-state index is 13.0. The van der Waals surface area contributed by atoms with Crippen molar-refractivity contribution in [3.8, 4) is 0 Å². The Bertz CT molecular complexity index is 788. The van der Waals surface area contributed by atoms with E-state index in [1.54, 1.807) is 16.7 Å². The van der Waals surface area contributed by atoms with Gasteiger partial charge in [0.1, 0.15) is 6.04 Å². The van der Waals surface area contributed by atoms with Gasteiger partial charge in [-0.25, -0.2) is 0 Å². The van der Waals surface area contributed by atoms with E-state index in [0.717, 1.165) is 23.5 Å². The molecule has 2 rings (SSSR count). The zero-order chi connectivity index (χ0) is 22.0. The molecule has 4 nitrogen and oxygen atoms in total. The number of carbonyl (C=O) groups excluding carboxylic acids is 2. The first-order valence-corrected chi connectivity index (χ1v) is 11.7. The fraction of sp³-hybridized carbons (Fsp3) is 0.440. The molecule has 162 valence electrons. The number of nitrogens with one attached hydrogen (secondary N) is 1. The number of thioether (sulfide) groups is 1. The van der Waals surface area contributed by atoms with E-state index in [2.05, 4.69) is 29.6 Å². The van der Waals surface area contributed by atoms with Crippen LogP contribution >= 0.6 is 11.8 Å². The van der Waals surface area contributed by atoms with Crippen LogP contribution in [-0.4, -0.2) is 40.6 Å². The summed E-state index contributed by atoms with van der Waals surface area (Å²) < 4.78 is 0. The van der Waals surface area contributed by atoms with E-state index in [4.69, 9.17) is 0 Å². The average Bonchev–Trinajstić information content (AvgIpc) is 2.71. The quantitative estimate of drug-likeness (QED) is 0.561. The molecule has 0 aromatic heterocycles. The van der Waals surface area contributed by atoms with Crippen LogP contribution in [0.1, 0.15) is 45.2 Å². The molecule has 5 heteroatoms. The summed E-state index contributed by atoms with van der Waals surface area (Å²) in [6.45, 7) is 8.21. The average molecular weight is 427 g/mol. The molecule has 2 amide bonds. The van der Waals surface area contributed by atoms with Crippen LogP contribution in [0.5, 0.6) is 0 Å². The van der Waals surface area contributed by atoms with Gasteiger partial charge in [-0.1, -0.05) is 60.7 Å². The number of hydrogen-bond donors (Lipinski definition) is 1. The van der Waals surface area contributed by atoms with Crippen molar-refractivity contribution < 1.29 is 9.59 Å². The molecule has 30 heavy (non-hydrogen) atoms. The second-order valence-corrected chi connectivity index (χ2v) is 9.63. The predicted molar refractivity (Wildman–Crippen MR) is 126 cm³/mol. The highest BCUT2D eigenvalue weighted by Crippen LogP contribution is 2.15. The van der Waals surface area contributed by atoms with Crippen LogP contribution in [-0.2, 0) is 21.8 Å². The summed E-state index contributed by atoms with van der Waals surface area (Å²) in [5.74, 6) is 1.55. The molecule has 0 fully saturated rings. The van der Waals surface area contributed by atoms with E-state index < -0.39 is 6.04 Å². The summed E-state index contributed by atoms with van der Waals surface area (Å²) in [5, 5.41) is 3.00. The van der Waals surface area contributed by atoms with Crippen molar-refractivity contribution in [3.05, 3.63) is 71.8 Å². The molecule has 0 aliphatic carbocycles. The molecule has 0 aliphatic rings. The smallest absolute Gasteiger partial charge is 0.242 e. The van der Waals surface area contributed by atoms with Gasteiger partial charge >= 0.3 is 0 Å². The maximum atomic E-state index is 13.0. The summed E-state index contributed by atoms with van der Waals surface area (Å²) in [6.07, 6.45) is 1.16. The first-order valence-electron chi connectivity index (χ1n) is 10.5. The van der Waals surface area contributed by atoms with E-state index >= 15 is 0 Å². The number of carbonyl (C=O) groups is 2. The minimum Gasteiger partial charge on any atom is -0.350 e. The van der Waals surface area contributed by atoms with E-state index in [1.807, 2.05) is 64.1 Å². The number of hydrogen-bond acceptors (Lipinski definition) is 3. The first-order chi connectivity index (χ1) is 14.3. The van der Waals surface area contributed by atoms with Crippen LogP contribution < -0.4 is 5.32 Å². The molecule has 0 saturated carbocycles. The summed E-state index contributed by atoms with van der Waals surface area (Å²) >= 11 is 1.75. The van der Waals surface area contributed by atoms with Crippen LogP contribution in [0, 0.1) is 0 Å². The van der Waals surface area contributed by atoms with E-state index in [-0.39, 0.29) is 17.4 Å². The van der Waals surface area contributed by atoms with Gasteiger partial charge in [-0.05, 0) is 45.2 Å². The summed E-state index contributed by atoms with van der Waals surface area (Å²) in [4.78, 5) is 27.5. The van der Waals surface area contributed by atoms with E-state index in [0.29, 0.717) is 13.0 Å². The van der Waals surface area contributed by atoms with Crippen molar-refractivity contribution in [1.82, 2.24) is 10.2 Å². The van der Waals surface area contributed by atoms with Crippen molar-refractivity contribution in [3.63, 3.8) is 0 Å². The summed E-state index contributed by atoms with van der Waals surface area (Å²) in [6, 6.07) is 19.8. The Hall–Kier alpha value is -2.27. The highest BCUT2D eigenvalue weighted by molar-refractivity contribution is 7.98. The Morgan fingerprint density at radius 3 is 2.10 bits per heavy atom. The number of nitrogens with zero attached hydrogens (tertiary/aromatic N) is 1. The van der Waals surface area contributed by atoms with Gasteiger partial charge in [0.05, 0.1) is 0 Å². The highest BCUT2D eigenvalue weighted by Gasteiger charge is 2.27.